The first-order valence-electron chi connectivity index (χ1n) is 8.42. The van der Waals surface area contributed by atoms with E-state index in [2.05, 4.69) is 17.3 Å². The zero-order valence-electron chi connectivity index (χ0n) is 15.0. The minimum Gasteiger partial charge on any atom is -0.493 e. The van der Waals surface area contributed by atoms with Gasteiger partial charge in [-0.15, -0.1) is 22.7 Å². The van der Waals surface area contributed by atoms with Gasteiger partial charge in [0.2, 0.25) is 5.91 Å². The molecule has 5 nitrogen and oxygen atoms in total. The van der Waals surface area contributed by atoms with E-state index < -0.39 is 5.91 Å². The minimum absolute atomic E-state index is 0.441. The molecule has 0 aliphatic heterocycles. The summed E-state index contributed by atoms with van der Waals surface area (Å²) in [6.45, 7) is 6.70. The number of carbonyl (C=O) groups is 1. The Morgan fingerprint density at radius 2 is 2.08 bits per heavy atom. The van der Waals surface area contributed by atoms with Crippen LogP contribution in [0.2, 0.25) is 0 Å². The monoisotopic (exact) mass is 387 g/mol. The standard InChI is InChI=1S/C19H21N3O2S2/c1-4-7-24-16-6-5-13(19(20)23)8-14(16)9-17-22-15(10-25-17)18-11(2)21-12(3)26-18/h5-6,8,10H,4,7,9H2,1-3H3,(H2,20,23). The Balaban J connectivity index is 1.89. The van der Waals surface area contributed by atoms with Crippen LogP contribution in [0.25, 0.3) is 10.6 Å². The number of nitrogens with two attached hydrogens (primary N) is 1. The van der Waals surface area contributed by atoms with Crippen molar-refractivity contribution in [3.05, 3.63) is 50.4 Å². The van der Waals surface area contributed by atoms with Crippen molar-refractivity contribution < 1.29 is 9.53 Å². The maximum atomic E-state index is 11.5. The topological polar surface area (TPSA) is 78.1 Å². The number of hydrogen-bond donors (Lipinski definition) is 1. The van der Waals surface area contributed by atoms with E-state index in [1.807, 2.05) is 19.9 Å². The van der Waals surface area contributed by atoms with Gasteiger partial charge in [0.1, 0.15) is 5.75 Å². The lowest BCUT2D eigenvalue weighted by Gasteiger charge is -2.11. The molecule has 7 heteroatoms. The summed E-state index contributed by atoms with van der Waals surface area (Å²) in [6.07, 6.45) is 1.52. The van der Waals surface area contributed by atoms with E-state index in [0.717, 1.165) is 44.0 Å². The Hall–Kier alpha value is -2.25. The summed E-state index contributed by atoms with van der Waals surface area (Å²) < 4.78 is 5.82. The summed E-state index contributed by atoms with van der Waals surface area (Å²) in [5.74, 6) is 0.335. The largest absolute Gasteiger partial charge is 0.493 e. The van der Waals surface area contributed by atoms with Gasteiger partial charge in [-0.1, -0.05) is 6.92 Å². The smallest absolute Gasteiger partial charge is 0.248 e. The van der Waals surface area contributed by atoms with Crippen LogP contribution in [0, 0.1) is 13.8 Å². The fraction of sp³-hybridized carbons (Fsp3) is 0.316. The SMILES string of the molecule is CCCOc1ccc(C(N)=O)cc1Cc1nc(-c2sc(C)nc2C)cs1. The lowest BCUT2D eigenvalue weighted by Crippen LogP contribution is -2.12. The Morgan fingerprint density at radius 3 is 2.73 bits per heavy atom. The van der Waals surface area contributed by atoms with Crippen LogP contribution in [0.5, 0.6) is 5.75 Å². The van der Waals surface area contributed by atoms with Crippen LogP contribution in [-0.4, -0.2) is 22.5 Å². The van der Waals surface area contributed by atoms with Crippen molar-refractivity contribution in [3.63, 3.8) is 0 Å². The lowest BCUT2D eigenvalue weighted by atomic mass is 10.1. The zero-order valence-corrected chi connectivity index (χ0v) is 16.7. The Bertz CT molecular complexity index is 931. The zero-order chi connectivity index (χ0) is 18.7. The molecule has 0 saturated heterocycles. The molecule has 0 aliphatic carbocycles. The molecule has 0 bridgehead atoms. The molecule has 0 saturated carbocycles. The molecular weight excluding hydrogens is 366 g/mol. The predicted octanol–water partition coefficient (Wildman–Crippen LogP) is 4.36. The molecule has 0 unspecified atom stereocenters. The molecule has 3 aromatic rings. The third-order valence-corrected chi connectivity index (χ3v) is 5.78. The number of rotatable bonds is 7. The van der Waals surface area contributed by atoms with Gasteiger partial charge in [-0.25, -0.2) is 9.97 Å². The highest BCUT2D eigenvalue weighted by molar-refractivity contribution is 7.15. The number of thiazole rings is 2. The van der Waals surface area contributed by atoms with Crippen molar-refractivity contribution in [3.8, 4) is 16.3 Å². The van der Waals surface area contributed by atoms with Crippen LogP contribution < -0.4 is 10.5 Å². The van der Waals surface area contributed by atoms with Crippen molar-refractivity contribution in [2.75, 3.05) is 6.61 Å². The molecule has 2 heterocycles. The molecule has 0 atom stereocenters. The van der Waals surface area contributed by atoms with Crippen molar-refractivity contribution in [2.24, 2.45) is 5.73 Å². The van der Waals surface area contributed by atoms with Gasteiger partial charge in [0.05, 0.1) is 32.9 Å². The molecule has 2 aromatic heterocycles. The van der Waals surface area contributed by atoms with Gasteiger partial charge in [0.15, 0.2) is 0 Å². The molecule has 2 N–H and O–H groups in total. The summed E-state index contributed by atoms with van der Waals surface area (Å²) in [5, 5.41) is 4.06. The van der Waals surface area contributed by atoms with Gasteiger partial charge in [-0.3, -0.25) is 4.79 Å². The van der Waals surface area contributed by atoms with E-state index in [0.29, 0.717) is 18.6 Å². The second kappa shape index (κ2) is 7.97. The molecule has 0 fully saturated rings. The normalized spacial score (nSPS) is 10.9. The summed E-state index contributed by atoms with van der Waals surface area (Å²) in [7, 11) is 0. The van der Waals surface area contributed by atoms with Gasteiger partial charge in [-0.2, -0.15) is 0 Å². The molecule has 136 valence electrons. The summed E-state index contributed by atoms with van der Waals surface area (Å²) >= 11 is 3.25. The Kier molecular flexibility index (Phi) is 5.68. The molecular formula is C19H21N3O2S2. The third kappa shape index (κ3) is 4.11. The van der Waals surface area contributed by atoms with Gasteiger partial charge in [0, 0.05) is 22.9 Å². The number of aryl methyl sites for hydroxylation is 2. The highest BCUT2D eigenvalue weighted by Crippen LogP contribution is 2.32. The first kappa shape index (κ1) is 18.5. The highest BCUT2D eigenvalue weighted by atomic mass is 32.1. The number of ether oxygens (including phenoxy) is 1. The predicted molar refractivity (Wildman–Crippen MR) is 106 cm³/mol. The fourth-order valence-electron chi connectivity index (χ4n) is 2.65. The number of hydrogen-bond acceptors (Lipinski definition) is 6. The van der Waals surface area contributed by atoms with Gasteiger partial charge < -0.3 is 10.5 Å². The van der Waals surface area contributed by atoms with Crippen LogP contribution in [0.3, 0.4) is 0 Å². The minimum atomic E-state index is -0.441. The maximum Gasteiger partial charge on any atom is 0.248 e. The van der Waals surface area contributed by atoms with Crippen LogP contribution in [-0.2, 0) is 6.42 Å². The van der Waals surface area contributed by atoms with Crippen LogP contribution >= 0.6 is 22.7 Å². The van der Waals surface area contributed by atoms with Crippen molar-refractivity contribution in [1.29, 1.82) is 0 Å². The number of amides is 1. The van der Waals surface area contributed by atoms with E-state index in [1.54, 1.807) is 34.8 Å². The van der Waals surface area contributed by atoms with Gasteiger partial charge in [0.25, 0.3) is 0 Å². The summed E-state index contributed by atoms with van der Waals surface area (Å²) in [4.78, 5) is 21.9. The number of nitrogens with zero attached hydrogens (tertiary/aromatic N) is 2. The second-order valence-electron chi connectivity index (χ2n) is 5.99. The molecule has 0 aliphatic rings. The number of benzene rings is 1. The highest BCUT2D eigenvalue weighted by Gasteiger charge is 2.14. The first-order valence-corrected chi connectivity index (χ1v) is 10.1. The molecule has 3 rings (SSSR count). The molecule has 1 amide bonds. The lowest BCUT2D eigenvalue weighted by molar-refractivity contribution is 0.1000. The van der Waals surface area contributed by atoms with E-state index in [4.69, 9.17) is 15.5 Å². The van der Waals surface area contributed by atoms with E-state index in [-0.39, 0.29) is 0 Å². The second-order valence-corrected chi connectivity index (χ2v) is 8.13. The van der Waals surface area contributed by atoms with E-state index in [9.17, 15) is 4.79 Å². The van der Waals surface area contributed by atoms with Crippen molar-refractivity contribution in [1.82, 2.24) is 9.97 Å². The molecule has 26 heavy (non-hydrogen) atoms. The van der Waals surface area contributed by atoms with Crippen LogP contribution in [0.4, 0.5) is 0 Å². The Morgan fingerprint density at radius 1 is 1.27 bits per heavy atom. The fourth-order valence-corrected chi connectivity index (χ4v) is 4.42. The van der Waals surface area contributed by atoms with Crippen molar-refractivity contribution in [2.45, 2.75) is 33.6 Å². The summed E-state index contributed by atoms with van der Waals surface area (Å²) in [6, 6.07) is 5.32. The summed E-state index contributed by atoms with van der Waals surface area (Å²) in [5.41, 5.74) is 8.79. The number of carbonyl (C=O) groups excluding carboxylic acids is 1. The molecule has 1 aromatic carbocycles. The Labute approximate surface area is 160 Å². The first-order chi connectivity index (χ1) is 12.5. The molecule has 0 spiro atoms. The van der Waals surface area contributed by atoms with E-state index >= 15 is 0 Å². The third-order valence-electron chi connectivity index (χ3n) is 3.84. The van der Waals surface area contributed by atoms with Crippen LogP contribution in [0.1, 0.15) is 45.0 Å². The maximum absolute atomic E-state index is 11.5. The number of aromatic nitrogens is 2. The van der Waals surface area contributed by atoms with E-state index in [1.165, 1.54) is 0 Å². The average Bonchev–Trinajstić information content (AvgIpc) is 3.19. The average molecular weight is 388 g/mol. The van der Waals surface area contributed by atoms with Gasteiger partial charge >= 0.3 is 0 Å². The number of primary amides is 1. The quantitative estimate of drug-likeness (QED) is 0.653. The van der Waals surface area contributed by atoms with Crippen LogP contribution in [0.15, 0.2) is 23.6 Å². The van der Waals surface area contributed by atoms with Gasteiger partial charge in [-0.05, 0) is 38.5 Å². The molecule has 0 radical (unpaired) electrons. The van der Waals surface area contributed by atoms with Crippen molar-refractivity contribution >= 4 is 28.6 Å².